The maximum atomic E-state index is 12.8. The van der Waals surface area contributed by atoms with Gasteiger partial charge in [-0.05, 0) is 6.92 Å². The lowest BCUT2D eigenvalue weighted by molar-refractivity contribution is -0.131. The molecular weight excluding hydrogens is 214 g/mol. The maximum absolute atomic E-state index is 12.8. The third-order valence-corrected chi connectivity index (χ3v) is 2.78. The number of ketones is 1. The van der Waals surface area contributed by atoms with Gasteiger partial charge in [-0.3, -0.25) is 4.79 Å². The van der Waals surface area contributed by atoms with Crippen molar-refractivity contribution in [2.75, 3.05) is 6.54 Å². The molecule has 1 aliphatic heterocycles. The monoisotopic (exact) mass is 234 g/mol. The summed E-state index contributed by atoms with van der Waals surface area (Å²) in [6.45, 7) is 7.58. The lowest BCUT2D eigenvalue weighted by Crippen LogP contribution is -2.66. The number of hydrogen-bond donors (Lipinski definition) is 2. The molecule has 16 heavy (non-hydrogen) atoms. The Kier molecular flexibility index (Phi) is 4.02. The van der Waals surface area contributed by atoms with Gasteiger partial charge < -0.3 is 10.6 Å². The van der Waals surface area contributed by atoms with Gasteiger partial charge >= 0.3 is 0 Å². The fraction of sp³-hybridized carbons (Fsp3) is 0.909. The summed E-state index contributed by atoms with van der Waals surface area (Å²) in [5.41, 5.74) is -0.608. The van der Waals surface area contributed by atoms with E-state index in [1.165, 1.54) is 0 Å². The van der Waals surface area contributed by atoms with Crippen LogP contribution < -0.4 is 10.6 Å². The second-order valence-electron chi connectivity index (χ2n) is 5.43. The topological polar surface area (TPSA) is 41.1 Å². The number of alkyl halides is 2. The first-order chi connectivity index (χ1) is 7.23. The van der Waals surface area contributed by atoms with Crippen LogP contribution in [0.1, 0.15) is 27.7 Å². The number of nitrogens with one attached hydrogen (secondary N) is 2. The predicted molar refractivity (Wildman–Crippen MR) is 58.6 cm³/mol. The molecule has 5 heteroatoms. The highest BCUT2D eigenvalue weighted by Gasteiger charge is 2.42. The van der Waals surface area contributed by atoms with E-state index in [1.54, 1.807) is 20.8 Å². The number of hydrogen-bond acceptors (Lipinski definition) is 3. The Morgan fingerprint density at radius 3 is 2.38 bits per heavy atom. The Bertz CT molecular complexity index is 263. The molecule has 0 aromatic carbocycles. The Balaban J connectivity index is 2.83. The fourth-order valence-corrected chi connectivity index (χ4v) is 1.84. The number of halogens is 2. The first-order valence-corrected chi connectivity index (χ1v) is 5.55. The predicted octanol–water partition coefficient (Wildman–Crippen LogP) is 1.19. The third kappa shape index (κ3) is 2.98. The van der Waals surface area contributed by atoms with Crippen LogP contribution in [0.5, 0.6) is 0 Å². The highest BCUT2D eigenvalue weighted by molar-refractivity contribution is 5.89. The summed E-state index contributed by atoms with van der Waals surface area (Å²) >= 11 is 0. The average molecular weight is 234 g/mol. The lowest BCUT2D eigenvalue weighted by atomic mass is 9.82. The molecule has 1 heterocycles. The van der Waals surface area contributed by atoms with E-state index >= 15 is 0 Å². The normalized spacial score (nSPS) is 31.8. The molecule has 3 unspecified atom stereocenters. The molecule has 1 rings (SSSR count). The molecule has 1 fully saturated rings. The Labute approximate surface area is 95.0 Å². The molecular formula is C11H20F2N2O. The van der Waals surface area contributed by atoms with E-state index in [0.29, 0.717) is 6.54 Å². The van der Waals surface area contributed by atoms with Crippen LogP contribution in [0.25, 0.3) is 0 Å². The molecule has 0 saturated carbocycles. The molecule has 1 saturated heterocycles. The van der Waals surface area contributed by atoms with Gasteiger partial charge in [0.05, 0.1) is 12.1 Å². The summed E-state index contributed by atoms with van der Waals surface area (Å²) < 4.78 is 25.6. The van der Waals surface area contributed by atoms with Gasteiger partial charge in [0.2, 0.25) is 0 Å². The van der Waals surface area contributed by atoms with Gasteiger partial charge in [-0.1, -0.05) is 20.8 Å². The van der Waals surface area contributed by atoms with Gasteiger partial charge in [-0.2, -0.15) is 0 Å². The molecule has 0 radical (unpaired) electrons. The number of piperazine rings is 1. The summed E-state index contributed by atoms with van der Waals surface area (Å²) in [5.74, 6) is -0.170. The van der Waals surface area contributed by atoms with Gasteiger partial charge in [0.15, 0.2) is 5.78 Å². The molecule has 3 nitrogen and oxygen atoms in total. The molecule has 94 valence electrons. The Morgan fingerprint density at radius 1 is 1.38 bits per heavy atom. The molecule has 3 atom stereocenters. The highest BCUT2D eigenvalue weighted by Crippen LogP contribution is 2.22. The summed E-state index contributed by atoms with van der Waals surface area (Å²) in [6.07, 6.45) is -2.53. The highest BCUT2D eigenvalue weighted by atomic mass is 19.3. The van der Waals surface area contributed by atoms with Crippen molar-refractivity contribution in [3.05, 3.63) is 0 Å². The first kappa shape index (κ1) is 13.5. The van der Waals surface area contributed by atoms with Gasteiger partial charge in [-0.25, -0.2) is 8.78 Å². The third-order valence-electron chi connectivity index (χ3n) is 2.78. The molecule has 0 aromatic heterocycles. The van der Waals surface area contributed by atoms with Crippen LogP contribution in [0, 0.1) is 5.41 Å². The van der Waals surface area contributed by atoms with Crippen LogP contribution >= 0.6 is 0 Å². The van der Waals surface area contributed by atoms with Crippen LogP contribution in [-0.2, 0) is 4.79 Å². The van der Waals surface area contributed by atoms with Gasteiger partial charge in [0.1, 0.15) is 0 Å². The molecule has 0 aromatic rings. The van der Waals surface area contributed by atoms with Crippen LogP contribution in [0.2, 0.25) is 0 Å². The summed E-state index contributed by atoms with van der Waals surface area (Å²) in [7, 11) is 0. The SMILES string of the molecule is CC1CNC(C(F)F)C(C(=O)C(C)(C)C)N1. The second-order valence-corrected chi connectivity index (χ2v) is 5.43. The number of Topliss-reactive ketones (excluding diaryl/α,β-unsaturated/α-hetero) is 1. The molecule has 1 aliphatic rings. The fourth-order valence-electron chi connectivity index (χ4n) is 1.84. The van der Waals surface area contributed by atoms with Crippen molar-refractivity contribution in [3.63, 3.8) is 0 Å². The van der Waals surface area contributed by atoms with Gasteiger partial charge in [0, 0.05) is 18.0 Å². The van der Waals surface area contributed by atoms with E-state index in [9.17, 15) is 13.6 Å². The van der Waals surface area contributed by atoms with Crippen molar-refractivity contribution in [3.8, 4) is 0 Å². The Hall–Kier alpha value is -0.550. The van der Waals surface area contributed by atoms with Crippen molar-refractivity contribution in [1.29, 1.82) is 0 Å². The zero-order valence-electron chi connectivity index (χ0n) is 10.2. The largest absolute Gasteiger partial charge is 0.306 e. The van der Waals surface area contributed by atoms with Crippen molar-refractivity contribution in [2.45, 2.75) is 52.2 Å². The van der Waals surface area contributed by atoms with Crippen LogP contribution in [-0.4, -0.2) is 36.9 Å². The standard InChI is InChI=1S/C11H20F2N2O/c1-6-5-14-8(10(12)13)7(15-6)9(16)11(2,3)4/h6-8,10,14-15H,5H2,1-4H3. The van der Waals surface area contributed by atoms with E-state index < -0.39 is 23.9 Å². The van der Waals surface area contributed by atoms with Crippen LogP contribution in [0.4, 0.5) is 8.78 Å². The van der Waals surface area contributed by atoms with Gasteiger partial charge in [-0.15, -0.1) is 0 Å². The first-order valence-electron chi connectivity index (χ1n) is 5.55. The minimum Gasteiger partial charge on any atom is -0.306 e. The second kappa shape index (κ2) is 4.75. The zero-order chi connectivity index (χ0) is 12.5. The van der Waals surface area contributed by atoms with Crippen molar-refractivity contribution < 1.29 is 13.6 Å². The number of carbonyl (C=O) groups excluding carboxylic acids is 1. The molecule has 0 spiro atoms. The van der Waals surface area contributed by atoms with Crippen molar-refractivity contribution in [1.82, 2.24) is 10.6 Å². The molecule has 0 aliphatic carbocycles. The average Bonchev–Trinajstić information content (AvgIpc) is 2.14. The van der Waals surface area contributed by atoms with E-state index in [4.69, 9.17) is 0 Å². The summed E-state index contributed by atoms with van der Waals surface area (Å²) in [4.78, 5) is 12.0. The van der Waals surface area contributed by atoms with Crippen molar-refractivity contribution in [2.24, 2.45) is 5.41 Å². The number of carbonyl (C=O) groups is 1. The number of rotatable bonds is 2. The summed E-state index contributed by atoms with van der Waals surface area (Å²) in [6, 6.07) is -1.85. The molecule has 0 amide bonds. The molecule has 2 N–H and O–H groups in total. The van der Waals surface area contributed by atoms with E-state index in [0.717, 1.165) is 0 Å². The van der Waals surface area contributed by atoms with Crippen LogP contribution in [0.15, 0.2) is 0 Å². The van der Waals surface area contributed by atoms with E-state index in [2.05, 4.69) is 10.6 Å². The zero-order valence-corrected chi connectivity index (χ0v) is 10.2. The quantitative estimate of drug-likeness (QED) is 0.754. The summed E-state index contributed by atoms with van der Waals surface area (Å²) in [5, 5.41) is 5.70. The smallest absolute Gasteiger partial charge is 0.255 e. The molecule has 0 bridgehead atoms. The minimum atomic E-state index is -2.53. The van der Waals surface area contributed by atoms with E-state index in [1.807, 2.05) is 6.92 Å². The maximum Gasteiger partial charge on any atom is 0.255 e. The van der Waals surface area contributed by atoms with Crippen molar-refractivity contribution >= 4 is 5.78 Å². The Morgan fingerprint density at radius 2 is 1.94 bits per heavy atom. The lowest BCUT2D eigenvalue weighted by Gasteiger charge is -2.38. The van der Waals surface area contributed by atoms with Gasteiger partial charge in [0.25, 0.3) is 6.43 Å². The van der Waals surface area contributed by atoms with E-state index in [-0.39, 0.29) is 11.8 Å². The van der Waals surface area contributed by atoms with Crippen LogP contribution in [0.3, 0.4) is 0 Å². The minimum absolute atomic E-state index is 0.0336.